The molecule has 14 heavy (non-hydrogen) atoms. The fourth-order valence-corrected chi connectivity index (χ4v) is 2.75. The van der Waals surface area contributed by atoms with E-state index in [0.29, 0.717) is 0 Å². The molecule has 1 aromatic rings. The number of nitro groups is 1. The van der Waals surface area contributed by atoms with Crippen LogP contribution >= 0.6 is 0 Å². The molecule has 0 N–H and O–H groups in total. The van der Waals surface area contributed by atoms with Crippen LogP contribution in [-0.2, 0) is 9.84 Å². The van der Waals surface area contributed by atoms with Gasteiger partial charge in [0.2, 0.25) is 6.33 Å². The third-order valence-electron chi connectivity index (χ3n) is 2.09. The predicted octanol–water partition coefficient (Wildman–Crippen LogP) is -0.239. The Bertz CT molecular complexity index is 465. The first kappa shape index (κ1) is 9.13. The standard InChI is InChI=1S/C6H7N3O4S/c10-9(11)6-1-8(4-7-6)5-2-14(12,13)3-5/h1,4-5H,2-3H2. The molecule has 0 atom stereocenters. The zero-order valence-corrected chi connectivity index (χ0v) is 7.85. The van der Waals surface area contributed by atoms with Gasteiger partial charge in [0.1, 0.15) is 6.20 Å². The molecule has 8 heteroatoms. The van der Waals surface area contributed by atoms with Crippen molar-refractivity contribution in [2.24, 2.45) is 0 Å². The summed E-state index contributed by atoms with van der Waals surface area (Å²) in [5.41, 5.74) is 0. The second kappa shape index (κ2) is 2.77. The van der Waals surface area contributed by atoms with Crippen LogP contribution in [-0.4, -0.2) is 34.4 Å². The van der Waals surface area contributed by atoms with Crippen molar-refractivity contribution < 1.29 is 13.3 Å². The van der Waals surface area contributed by atoms with Crippen LogP contribution in [0.5, 0.6) is 0 Å². The second-order valence-corrected chi connectivity index (χ2v) is 5.32. The summed E-state index contributed by atoms with van der Waals surface area (Å²) in [6.45, 7) is 0. The molecule has 0 unspecified atom stereocenters. The summed E-state index contributed by atoms with van der Waals surface area (Å²) in [5, 5.41) is 10.3. The van der Waals surface area contributed by atoms with E-state index in [0.717, 1.165) is 0 Å². The van der Waals surface area contributed by atoms with E-state index in [9.17, 15) is 18.5 Å². The fraction of sp³-hybridized carbons (Fsp3) is 0.500. The molecular formula is C6H7N3O4S. The molecule has 0 aliphatic carbocycles. The topological polar surface area (TPSA) is 95.1 Å². The van der Waals surface area contributed by atoms with E-state index in [1.165, 1.54) is 17.1 Å². The number of hydrogen-bond donors (Lipinski definition) is 0. The van der Waals surface area contributed by atoms with E-state index < -0.39 is 14.8 Å². The van der Waals surface area contributed by atoms with Crippen LogP contribution in [0.15, 0.2) is 12.5 Å². The summed E-state index contributed by atoms with van der Waals surface area (Å²) in [5.74, 6) is -0.171. The maximum atomic E-state index is 10.8. The Morgan fingerprint density at radius 3 is 2.64 bits per heavy atom. The summed E-state index contributed by atoms with van der Waals surface area (Å²) in [4.78, 5) is 13.2. The van der Waals surface area contributed by atoms with Crippen molar-refractivity contribution in [2.75, 3.05) is 11.5 Å². The minimum absolute atomic E-state index is 0.0422. The molecule has 0 aromatic carbocycles. The lowest BCUT2D eigenvalue weighted by atomic mass is 10.4. The molecule has 0 amide bonds. The molecule has 7 nitrogen and oxygen atoms in total. The third-order valence-corrected chi connectivity index (χ3v) is 3.87. The monoisotopic (exact) mass is 217 g/mol. The molecular weight excluding hydrogens is 210 g/mol. The van der Waals surface area contributed by atoms with Crippen molar-refractivity contribution in [3.8, 4) is 0 Å². The van der Waals surface area contributed by atoms with E-state index in [4.69, 9.17) is 0 Å². The molecule has 1 aliphatic rings. The average molecular weight is 217 g/mol. The van der Waals surface area contributed by atoms with Gasteiger partial charge in [-0.05, 0) is 9.91 Å². The van der Waals surface area contributed by atoms with Crippen molar-refractivity contribution in [1.82, 2.24) is 9.55 Å². The first-order valence-corrected chi connectivity index (χ1v) is 5.68. The van der Waals surface area contributed by atoms with Gasteiger partial charge in [-0.15, -0.1) is 0 Å². The van der Waals surface area contributed by atoms with Gasteiger partial charge in [0.15, 0.2) is 9.84 Å². The Kier molecular flexibility index (Phi) is 1.81. The first-order valence-electron chi connectivity index (χ1n) is 3.86. The van der Waals surface area contributed by atoms with Crippen molar-refractivity contribution in [1.29, 1.82) is 0 Å². The van der Waals surface area contributed by atoms with E-state index in [1.807, 2.05) is 0 Å². The quantitative estimate of drug-likeness (QED) is 0.503. The number of imidazole rings is 1. The van der Waals surface area contributed by atoms with Gasteiger partial charge in [-0.1, -0.05) is 0 Å². The fourth-order valence-electron chi connectivity index (χ4n) is 1.33. The Morgan fingerprint density at radius 2 is 2.21 bits per heavy atom. The molecule has 1 fully saturated rings. The molecule has 0 bridgehead atoms. The number of hydrogen-bond acceptors (Lipinski definition) is 5. The van der Waals surface area contributed by atoms with Crippen LogP contribution in [0.4, 0.5) is 5.82 Å². The van der Waals surface area contributed by atoms with E-state index in [-0.39, 0.29) is 23.4 Å². The van der Waals surface area contributed by atoms with Crippen LogP contribution in [0.1, 0.15) is 6.04 Å². The first-order chi connectivity index (χ1) is 6.48. The molecule has 1 aromatic heterocycles. The van der Waals surface area contributed by atoms with E-state index in [1.54, 1.807) is 0 Å². The Balaban J connectivity index is 2.16. The normalized spacial score (nSPS) is 20.3. The predicted molar refractivity (Wildman–Crippen MR) is 46.6 cm³/mol. The van der Waals surface area contributed by atoms with Gasteiger partial charge in [0.25, 0.3) is 0 Å². The molecule has 76 valence electrons. The Hall–Kier alpha value is -1.44. The third kappa shape index (κ3) is 1.48. The van der Waals surface area contributed by atoms with Crippen LogP contribution in [0.2, 0.25) is 0 Å². The molecule has 1 saturated heterocycles. The van der Waals surface area contributed by atoms with Crippen molar-refractivity contribution in [2.45, 2.75) is 6.04 Å². The van der Waals surface area contributed by atoms with Gasteiger partial charge in [0, 0.05) is 0 Å². The van der Waals surface area contributed by atoms with Gasteiger partial charge in [-0.3, -0.25) is 0 Å². The minimum atomic E-state index is -2.91. The highest BCUT2D eigenvalue weighted by molar-refractivity contribution is 7.92. The maximum absolute atomic E-state index is 10.8. The summed E-state index contributed by atoms with van der Waals surface area (Å²) in [7, 11) is -2.91. The summed E-state index contributed by atoms with van der Waals surface area (Å²) in [6, 6.07) is -0.193. The number of sulfone groups is 1. The lowest BCUT2D eigenvalue weighted by Crippen LogP contribution is -2.37. The Morgan fingerprint density at radius 1 is 1.57 bits per heavy atom. The number of rotatable bonds is 2. The SMILES string of the molecule is O=[N+]([O-])c1cn(C2CS(=O)(=O)C2)cn1. The van der Waals surface area contributed by atoms with Crippen molar-refractivity contribution >= 4 is 15.7 Å². The Labute approximate surface area is 79.4 Å². The summed E-state index contributed by atoms with van der Waals surface area (Å²) < 4.78 is 23.2. The second-order valence-electron chi connectivity index (χ2n) is 3.17. The van der Waals surface area contributed by atoms with Crippen LogP contribution < -0.4 is 0 Å². The molecule has 1 aliphatic heterocycles. The van der Waals surface area contributed by atoms with Gasteiger partial charge in [0.05, 0.1) is 17.5 Å². The maximum Gasteiger partial charge on any atom is 0.381 e. The van der Waals surface area contributed by atoms with Gasteiger partial charge in [-0.25, -0.2) is 8.42 Å². The van der Waals surface area contributed by atoms with E-state index in [2.05, 4.69) is 4.98 Å². The highest BCUT2D eigenvalue weighted by atomic mass is 32.2. The van der Waals surface area contributed by atoms with Gasteiger partial charge >= 0.3 is 5.82 Å². The average Bonchev–Trinajstić information content (AvgIpc) is 2.47. The van der Waals surface area contributed by atoms with Crippen LogP contribution in [0, 0.1) is 10.1 Å². The zero-order chi connectivity index (χ0) is 10.3. The molecule has 0 spiro atoms. The van der Waals surface area contributed by atoms with E-state index >= 15 is 0 Å². The molecule has 0 saturated carbocycles. The smallest absolute Gasteiger partial charge is 0.358 e. The van der Waals surface area contributed by atoms with Crippen molar-refractivity contribution in [3.05, 3.63) is 22.6 Å². The van der Waals surface area contributed by atoms with Crippen molar-refractivity contribution in [3.63, 3.8) is 0 Å². The highest BCUT2D eigenvalue weighted by Gasteiger charge is 2.35. The highest BCUT2D eigenvalue weighted by Crippen LogP contribution is 2.24. The minimum Gasteiger partial charge on any atom is -0.358 e. The van der Waals surface area contributed by atoms with Gasteiger partial charge in [-0.2, -0.15) is 0 Å². The largest absolute Gasteiger partial charge is 0.381 e. The molecule has 2 rings (SSSR count). The molecule has 2 heterocycles. The number of aromatic nitrogens is 2. The lowest BCUT2D eigenvalue weighted by Gasteiger charge is -2.25. The lowest BCUT2D eigenvalue weighted by molar-refractivity contribution is -0.389. The summed E-state index contributed by atoms with van der Waals surface area (Å²) >= 11 is 0. The van der Waals surface area contributed by atoms with Crippen LogP contribution in [0.25, 0.3) is 0 Å². The number of nitrogens with zero attached hydrogens (tertiary/aromatic N) is 3. The molecule has 0 radical (unpaired) electrons. The zero-order valence-electron chi connectivity index (χ0n) is 7.03. The summed E-state index contributed by atoms with van der Waals surface area (Å²) in [6.07, 6.45) is 2.54. The van der Waals surface area contributed by atoms with Crippen LogP contribution in [0.3, 0.4) is 0 Å². The van der Waals surface area contributed by atoms with Gasteiger partial charge < -0.3 is 14.7 Å².